The van der Waals surface area contributed by atoms with Crippen LogP contribution in [0.5, 0.6) is 5.75 Å². The molecule has 172 valence electrons. The zero-order valence-corrected chi connectivity index (χ0v) is 18.7. The lowest BCUT2D eigenvalue weighted by Gasteiger charge is -2.27. The van der Waals surface area contributed by atoms with Crippen LogP contribution < -0.4 is 15.1 Å². The summed E-state index contributed by atoms with van der Waals surface area (Å²) in [7, 11) is 1.43. The molecule has 4 amide bonds. The highest BCUT2D eigenvalue weighted by Gasteiger charge is 2.45. The lowest BCUT2D eigenvalue weighted by Crippen LogP contribution is -2.54. The molecule has 0 spiro atoms. The monoisotopic (exact) mass is 457 g/mol. The van der Waals surface area contributed by atoms with Crippen LogP contribution in [-0.4, -0.2) is 41.8 Å². The van der Waals surface area contributed by atoms with Gasteiger partial charge in [-0.15, -0.1) is 0 Å². The molecule has 0 radical (unpaired) electrons. The molecule has 0 saturated carbocycles. The Morgan fingerprint density at radius 3 is 2.50 bits per heavy atom. The van der Waals surface area contributed by atoms with Gasteiger partial charge in [0, 0.05) is 11.5 Å². The summed E-state index contributed by atoms with van der Waals surface area (Å²) in [4.78, 5) is 53.4. The highest BCUT2D eigenvalue weighted by molar-refractivity contribution is 6.26. The van der Waals surface area contributed by atoms with E-state index in [2.05, 4.69) is 5.43 Å². The molecule has 3 aromatic carbocycles. The Morgan fingerprint density at radius 1 is 1.03 bits per heavy atom. The first-order valence-electron chi connectivity index (χ1n) is 10.7. The van der Waals surface area contributed by atoms with Crippen molar-refractivity contribution >= 4 is 40.1 Å². The standard InChI is InChI=1S/C26H23N3O5/c1-3-9-23(30)29(27-25(32)19-13-6-7-15-22(19)34-2)21-16-24(31)28(26(21)33)20-14-8-11-17-10-4-5-12-18(17)20/h3-15,21H,16H2,1-2H3,(H,27,32). The average molecular weight is 457 g/mol. The molecule has 1 heterocycles. The smallest absolute Gasteiger partial charge is 0.273 e. The summed E-state index contributed by atoms with van der Waals surface area (Å²) in [5.41, 5.74) is 3.13. The van der Waals surface area contributed by atoms with Crippen molar-refractivity contribution in [1.29, 1.82) is 0 Å². The number of rotatable bonds is 5. The first kappa shape index (κ1) is 22.7. The summed E-state index contributed by atoms with van der Waals surface area (Å²) in [5, 5.41) is 2.52. The van der Waals surface area contributed by atoms with Gasteiger partial charge in [-0.1, -0.05) is 54.6 Å². The molecule has 8 nitrogen and oxygen atoms in total. The molecule has 1 aliphatic rings. The SMILES string of the molecule is CC=CC(=O)N(NC(=O)c1ccccc1OC)C1CC(=O)N(c2cccc3ccccc23)C1=O. The minimum atomic E-state index is -1.20. The van der Waals surface area contributed by atoms with Gasteiger partial charge in [-0.2, -0.15) is 0 Å². The number of hydrogen-bond acceptors (Lipinski definition) is 5. The number of carbonyl (C=O) groups is 4. The number of methoxy groups -OCH3 is 1. The number of hydrazine groups is 1. The van der Waals surface area contributed by atoms with E-state index in [-0.39, 0.29) is 12.0 Å². The fourth-order valence-electron chi connectivity index (χ4n) is 3.99. The van der Waals surface area contributed by atoms with Gasteiger partial charge in [0.05, 0.1) is 24.8 Å². The molecular formula is C26H23N3O5. The van der Waals surface area contributed by atoms with Gasteiger partial charge in [0.2, 0.25) is 5.91 Å². The second-order valence-electron chi connectivity index (χ2n) is 7.64. The van der Waals surface area contributed by atoms with Crippen LogP contribution in [0.25, 0.3) is 10.8 Å². The van der Waals surface area contributed by atoms with E-state index in [0.29, 0.717) is 11.4 Å². The molecule has 1 aliphatic heterocycles. The lowest BCUT2D eigenvalue weighted by molar-refractivity contribution is -0.137. The van der Waals surface area contributed by atoms with E-state index in [9.17, 15) is 19.2 Å². The fraction of sp³-hybridized carbons (Fsp3) is 0.154. The quantitative estimate of drug-likeness (QED) is 0.361. The van der Waals surface area contributed by atoms with Crippen LogP contribution in [-0.2, 0) is 14.4 Å². The van der Waals surface area contributed by atoms with Crippen LogP contribution >= 0.6 is 0 Å². The molecule has 34 heavy (non-hydrogen) atoms. The fourth-order valence-corrected chi connectivity index (χ4v) is 3.99. The van der Waals surface area contributed by atoms with E-state index >= 15 is 0 Å². The van der Waals surface area contributed by atoms with Crippen LogP contribution in [0.15, 0.2) is 78.9 Å². The van der Waals surface area contributed by atoms with Gasteiger partial charge in [0.15, 0.2) is 0 Å². The van der Waals surface area contributed by atoms with Gasteiger partial charge in [0.25, 0.3) is 17.7 Å². The third-order valence-corrected chi connectivity index (χ3v) is 5.56. The summed E-state index contributed by atoms with van der Waals surface area (Å²) in [6, 6.07) is 18.0. The molecule has 4 rings (SSSR count). The predicted octanol–water partition coefficient (Wildman–Crippen LogP) is 3.23. The summed E-state index contributed by atoms with van der Waals surface area (Å²) in [5.74, 6) is -2.02. The Labute approximate surface area is 196 Å². The lowest BCUT2D eigenvalue weighted by atomic mass is 10.1. The number of benzene rings is 3. The molecule has 1 saturated heterocycles. The van der Waals surface area contributed by atoms with Gasteiger partial charge in [-0.05, 0) is 30.5 Å². The number of allylic oxidation sites excluding steroid dienone is 1. The average Bonchev–Trinajstić information content (AvgIpc) is 3.15. The van der Waals surface area contributed by atoms with E-state index in [1.807, 2.05) is 30.3 Å². The van der Waals surface area contributed by atoms with Crippen LogP contribution in [0.4, 0.5) is 5.69 Å². The molecule has 0 aromatic heterocycles. The Balaban J connectivity index is 1.69. The number of nitrogens with zero attached hydrogens (tertiary/aromatic N) is 2. The molecule has 1 atom stereocenters. The number of hydrogen-bond donors (Lipinski definition) is 1. The third kappa shape index (κ3) is 4.13. The number of nitrogens with one attached hydrogen (secondary N) is 1. The number of carbonyl (C=O) groups excluding carboxylic acids is 4. The van der Waals surface area contributed by atoms with Crippen molar-refractivity contribution in [2.75, 3.05) is 12.0 Å². The number of amides is 4. The van der Waals surface area contributed by atoms with Gasteiger partial charge in [-0.25, -0.2) is 9.91 Å². The maximum absolute atomic E-state index is 13.5. The van der Waals surface area contributed by atoms with Crippen LogP contribution in [0.2, 0.25) is 0 Å². The first-order valence-corrected chi connectivity index (χ1v) is 10.7. The molecule has 1 N–H and O–H groups in total. The van der Waals surface area contributed by atoms with E-state index in [1.165, 1.54) is 25.3 Å². The number of fused-ring (bicyclic) bond motifs is 1. The minimum Gasteiger partial charge on any atom is -0.496 e. The summed E-state index contributed by atoms with van der Waals surface area (Å²) in [6.45, 7) is 1.64. The zero-order valence-electron chi connectivity index (χ0n) is 18.7. The Bertz CT molecular complexity index is 1310. The Kier molecular flexibility index (Phi) is 6.40. The number of para-hydroxylation sites is 1. The summed E-state index contributed by atoms with van der Waals surface area (Å²) < 4.78 is 5.23. The second kappa shape index (κ2) is 9.58. The van der Waals surface area contributed by atoms with Gasteiger partial charge in [-0.3, -0.25) is 24.6 Å². The highest BCUT2D eigenvalue weighted by atomic mass is 16.5. The van der Waals surface area contributed by atoms with Crippen LogP contribution in [0.3, 0.4) is 0 Å². The van der Waals surface area contributed by atoms with Crippen molar-refractivity contribution < 1.29 is 23.9 Å². The van der Waals surface area contributed by atoms with Gasteiger partial charge < -0.3 is 4.74 Å². The van der Waals surface area contributed by atoms with Crippen molar-refractivity contribution in [2.45, 2.75) is 19.4 Å². The van der Waals surface area contributed by atoms with Crippen molar-refractivity contribution in [3.8, 4) is 5.75 Å². The third-order valence-electron chi connectivity index (χ3n) is 5.56. The van der Waals surface area contributed by atoms with E-state index < -0.39 is 29.7 Å². The number of anilines is 1. The maximum Gasteiger partial charge on any atom is 0.273 e. The Hall–Kier alpha value is -4.46. The van der Waals surface area contributed by atoms with Crippen LogP contribution in [0, 0.1) is 0 Å². The van der Waals surface area contributed by atoms with Crippen molar-refractivity contribution in [3.63, 3.8) is 0 Å². The molecule has 1 fully saturated rings. The van der Waals surface area contributed by atoms with Crippen molar-refractivity contribution in [2.24, 2.45) is 0 Å². The molecule has 0 aliphatic carbocycles. The minimum absolute atomic E-state index is 0.186. The van der Waals surface area contributed by atoms with E-state index in [0.717, 1.165) is 20.7 Å². The predicted molar refractivity (Wildman–Crippen MR) is 127 cm³/mol. The van der Waals surface area contributed by atoms with E-state index in [1.54, 1.807) is 37.3 Å². The topological polar surface area (TPSA) is 96.0 Å². The van der Waals surface area contributed by atoms with Crippen molar-refractivity contribution in [3.05, 3.63) is 84.4 Å². The normalized spacial score (nSPS) is 15.7. The molecule has 8 heteroatoms. The zero-order chi connectivity index (χ0) is 24.2. The Morgan fingerprint density at radius 2 is 1.74 bits per heavy atom. The maximum atomic E-state index is 13.5. The van der Waals surface area contributed by atoms with Gasteiger partial charge in [0.1, 0.15) is 11.8 Å². The summed E-state index contributed by atoms with van der Waals surface area (Å²) in [6.07, 6.45) is 2.45. The largest absolute Gasteiger partial charge is 0.496 e. The first-order chi connectivity index (χ1) is 16.5. The second-order valence-corrected chi connectivity index (χ2v) is 7.64. The number of ether oxygens (including phenoxy) is 1. The van der Waals surface area contributed by atoms with E-state index in [4.69, 9.17) is 4.74 Å². The highest BCUT2D eigenvalue weighted by Crippen LogP contribution is 2.32. The number of imide groups is 1. The van der Waals surface area contributed by atoms with Gasteiger partial charge >= 0.3 is 0 Å². The summed E-state index contributed by atoms with van der Waals surface area (Å²) >= 11 is 0. The van der Waals surface area contributed by atoms with Crippen LogP contribution in [0.1, 0.15) is 23.7 Å². The molecular weight excluding hydrogens is 434 g/mol. The van der Waals surface area contributed by atoms with Crippen molar-refractivity contribution in [1.82, 2.24) is 10.4 Å². The molecule has 0 bridgehead atoms. The molecule has 1 unspecified atom stereocenters. The molecule has 3 aromatic rings.